The van der Waals surface area contributed by atoms with Gasteiger partial charge in [0.1, 0.15) is 5.70 Å². The molecule has 3 rings (SSSR count). The van der Waals surface area contributed by atoms with Gasteiger partial charge in [-0.05, 0) is 55.0 Å². The summed E-state index contributed by atoms with van der Waals surface area (Å²) in [6.45, 7) is 1.43. The van der Waals surface area contributed by atoms with Gasteiger partial charge in [-0.3, -0.25) is 24.5 Å². The van der Waals surface area contributed by atoms with Gasteiger partial charge >= 0.3 is 0 Å². The molecule has 31 heavy (non-hydrogen) atoms. The van der Waals surface area contributed by atoms with Gasteiger partial charge in [-0.1, -0.05) is 12.1 Å². The van der Waals surface area contributed by atoms with Crippen LogP contribution >= 0.6 is 0 Å². The van der Waals surface area contributed by atoms with Gasteiger partial charge in [0.25, 0.3) is 17.5 Å². The molecule has 156 valence electrons. The topological polar surface area (TPSA) is 132 Å². The highest BCUT2D eigenvalue weighted by Crippen LogP contribution is 2.17. The summed E-state index contributed by atoms with van der Waals surface area (Å²) in [4.78, 5) is 47.1. The van der Waals surface area contributed by atoms with Crippen LogP contribution in [0.1, 0.15) is 33.4 Å². The molecule has 0 aliphatic heterocycles. The van der Waals surface area contributed by atoms with Crippen LogP contribution in [0.4, 0.5) is 11.4 Å². The average molecular weight is 419 g/mol. The van der Waals surface area contributed by atoms with E-state index in [1.807, 2.05) is 0 Å². The Balaban J connectivity index is 1.89. The van der Waals surface area contributed by atoms with E-state index in [2.05, 4.69) is 10.6 Å². The van der Waals surface area contributed by atoms with Crippen LogP contribution < -0.4 is 10.6 Å². The zero-order chi connectivity index (χ0) is 22.4. The molecule has 3 aromatic rings. The number of carbonyl (C=O) groups is 3. The van der Waals surface area contributed by atoms with Gasteiger partial charge < -0.3 is 15.1 Å². The molecule has 9 nitrogen and oxygen atoms in total. The molecule has 0 unspecified atom stereocenters. The molecule has 0 aliphatic carbocycles. The molecule has 2 amide bonds. The summed E-state index contributed by atoms with van der Waals surface area (Å²) < 4.78 is 5.04. The van der Waals surface area contributed by atoms with Crippen LogP contribution in [0.5, 0.6) is 0 Å². The second kappa shape index (κ2) is 9.31. The number of anilines is 1. The highest BCUT2D eigenvalue weighted by molar-refractivity contribution is 6.10. The number of carbonyl (C=O) groups excluding carboxylic acids is 3. The first-order valence-corrected chi connectivity index (χ1v) is 9.07. The van der Waals surface area contributed by atoms with E-state index in [4.69, 9.17) is 4.42 Å². The van der Waals surface area contributed by atoms with Gasteiger partial charge in [0.05, 0.1) is 11.2 Å². The Hall–Kier alpha value is -4.53. The summed E-state index contributed by atoms with van der Waals surface area (Å²) in [6, 6.07) is 14.8. The molecule has 1 heterocycles. The van der Waals surface area contributed by atoms with E-state index in [0.29, 0.717) is 16.8 Å². The average Bonchev–Trinajstić information content (AvgIpc) is 3.29. The summed E-state index contributed by atoms with van der Waals surface area (Å²) in [5.41, 5.74) is 0.901. The minimum absolute atomic E-state index is 0.0106. The number of nitrogens with one attached hydrogen (secondary N) is 2. The van der Waals surface area contributed by atoms with Gasteiger partial charge in [-0.15, -0.1) is 0 Å². The number of ketones is 1. The third-order valence-corrected chi connectivity index (χ3v) is 4.18. The molecule has 0 radical (unpaired) electrons. The number of furan rings is 1. The van der Waals surface area contributed by atoms with Crippen molar-refractivity contribution < 1.29 is 23.7 Å². The zero-order valence-electron chi connectivity index (χ0n) is 16.3. The highest BCUT2D eigenvalue weighted by atomic mass is 16.6. The van der Waals surface area contributed by atoms with E-state index in [1.54, 1.807) is 30.3 Å². The minimum atomic E-state index is -0.665. The van der Waals surface area contributed by atoms with Crippen molar-refractivity contribution in [2.75, 3.05) is 5.32 Å². The van der Waals surface area contributed by atoms with E-state index in [1.165, 1.54) is 49.6 Å². The lowest BCUT2D eigenvalue weighted by Crippen LogP contribution is -2.30. The number of amides is 2. The molecule has 9 heteroatoms. The van der Waals surface area contributed by atoms with Gasteiger partial charge in [-0.2, -0.15) is 0 Å². The number of benzene rings is 2. The van der Waals surface area contributed by atoms with E-state index in [9.17, 15) is 24.5 Å². The van der Waals surface area contributed by atoms with Crippen LogP contribution in [0, 0.1) is 10.1 Å². The Kier molecular flexibility index (Phi) is 6.36. The lowest BCUT2D eigenvalue weighted by atomic mass is 10.1. The van der Waals surface area contributed by atoms with E-state index < -0.39 is 16.7 Å². The number of rotatable bonds is 7. The number of Topliss-reactive ketones (excluding diaryl/α,β-unsaturated/α-hetero) is 1. The van der Waals surface area contributed by atoms with Crippen molar-refractivity contribution >= 4 is 35.0 Å². The number of nitro benzene ring substituents is 1. The number of hydrogen-bond donors (Lipinski definition) is 2. The standard InChI is InChI=1S/C22H17N3O6/c1-14(26)16-7-9-17(10-8-16)23-21(27)19(24-22(28)20-6-3-11-31-20)13-15-4-2-5-18(12-15)25(29)30/h2-13H,1H3,(H,23,27)(H,24,28)/b19-13+. The maximum Gasteiger partial charge on any atom is 0.291 e. The Morgan fingerprint density at radius 1 is 1.03 bits per heavy atom. The zero-order valence-corrected chi connectivity index (χ0v) is 16.3. The smallest absolute Gasteiger partial charge is 0.291 e. The van der Waals surface area contributed by atoms with Crippen molar-refractivity contribution in [1.82, 2.24) is 5.32 Å². The van der Waals surface area contributed by atoms with Gasteiger partial charge in [-0.25, -0.2) is 0 Å². The van der Waals surface area contributed by atoms with Gasteiger partial charge in [0.15, 0.2) is 11.5 Å². The summed E-state index contributed by atoms with van der Waals surface area (Å²) in [5, 5.41) is 16.1. The fourth-order valence-electron chi connectivity index (χ4n) is 2.63. The Morgan fingerprint density at radius 3 is 2.39 bits per heavy atom. The Labute approximate surface area is 176 Å². The molecular weight excluding hydrogens is 402 g/mol. The fraction of sp³-hybridized carbons (Fsp3) is 0.0455. The first kappa shape index (κ1) is 21.2. The van der Waals surface area contributed by atoms with Gasteiger partial charge in [0.2, 0.25) is 0 Å². The lowest BCUT2D eigenvalue weighted by Gasteiger charge is -2.11. The molecule has 0 spiro atoms. The molecule has 2 N–H and O–H groups in total. The van der Waals surface area contributed by atoms with Crippen LogP contribution in [0.25, 0.3) is 6.08 Å². The first-order chi connectivity index (χ1) is 14.8. The molecule has 0 aliphatic rings. The van der Waals surface area contributed by atoms with Crippen LogP contribution in [-0.2, 0) is 4.79 Å². The van der Waals surface area contributed by atoms with Crippen LogP contribution in [0.15, 0.2) is 77.0 Å². The third-order valence-electron chi connectivity index (χ3n) is 4.18. The third kappa shape index (κ3) is 5.51. The maximum absolute atomic E-state index is 12.8. The second-order valence-electron chi connectivity index (χ2n) is 6.43. The molecule has 0 bridgehead atoms. The molecule has 2 aromatic carbocycles. The summed E-state index contributed by atoms with van der Waals surface area (Å²) in [6.07, 6.45) is 2.63. The Morgan fingerprint density at radius 2 is 1.77 bits per heavy atom. The molecule has 0 saturated heterocycles. The van der Waals surface area contributed by atoms with Crippen LogP contribution in [-0.4, -0.2) is 22.5 Å². The SMILES string of the molecule is CC(=O)c1ccc(NC(=O)/C(=C\c2cccc([N+](=O)[O-])c2)NC(=O)c2ccco2)cc1. The summed E-state index contributed by atoms with van der Waals surface area (Å²) in [7, 11) is 0. The monoisotopic (exact) mass is 419 g/mol. The van der Waals surface area contributed by atoms with Crippen molar-refractivity contribution in [1.29, 1.82) is 0 Å². The largest absolute Gasteiger partial charge is 0.459 e. The van der Waals surface area contributed by atoms with E-state index >= 15 is 0 Å². The van der Waals surface area contributed by atoms with E-state index in [-0.39, 0.29) is 22.9 Å². The van der Waals surface area contributed by atoms with Crippen LogP contribution in [0.3, 0.4) is 0 Å². The van der Waals surface area contributed by atoms with Crippen molar-refractivity contribution in [3.05, 3.63) is 99.6 Å². The fourth-order valence-corrected chi connectivity index (χ4v) is 2.63. The molecule has 0 atom stereocenters. The molecule has 0 saturated carbocycles. The number of nitro groups is 1. The highest BCUT2D eigenvalue weighted by Gasteiger charge is 2.17. The molecule has 0 fully saturated rings. The number of non-ortho nitro benzene ring substituents is 1. The Bertz CT molecular complexity index is 1160. The van der Waals surface area contributed by atoms with Crippen molar-refractivity contribution in [2.24, 2.45) is 0 Å². The predicted octanol–water partition coefficient (Wildman–Crippen LogP) is 3.80. The molecular formula is C22H17N3O6. The molecule has 1 aromatic heterocycles. The minimum Gasteiger partial charge on any atom is -0.459 e. The maximum atomic E-state index is 12.8. The number of nitrogens with zero attached hydrogens (tertiary/aromatic N) is 1. The quantitative estimate of drug-likeness (QED) is 0.259. The van der Waals surface area contributed by atoms with Crippen molar-refractivity contribution in [2.45, 2.75) is 6.92 Å². The summed E-state index contributed by atoms with van der Waals surface area (Å²) in [5.74, 6) is -1.45. The van der Waals surface area contributed by atoms with Crippen molar-refractivity contribution in [3.8, 4) is 0 Å². The predicted molar refractivity (Wildman–Crippen MR) is 112 cm³/mol. The summed E-state index contributed by atoms with van der Waals surface area (Å²) >= 11 is 0. The normalized spacial score (nSPS) is 10.9. The first-order valence-electron chi connectivity index (χ1n) is 9.07. The lowest BCUT2D eigenvalue weighted by molar-refractivity contribution is -0.384. The van der Waals surface area contributed by atoms with E-state index in [0.717, 1.165) is 0 Å². The van der Waals surface area contributed by atoms with Gasteiger partial charge in [0, 0.05) is 23.4 Å². The second-order valence-corrected chi connectivity index (χ2v) is 6.43. The van der Waals surface area contributed by atoms with Crippen molar-refractivity contribution in [3.63, 3.8) is 0 Å². The van der Waals surface area contributed by atoms with Crippen LogP contribution in [0.2, 0.25) is 0 Å². The number of hydrogen-bond acceptors (Lipinski definition) is 6.